The van der Waals surface area contributed by atoms with E-state index in [1.807, 2.05) is 47.9 Å². The summed E-state index contributed by atoms with van der Waals surface area (Å²) in [7, 11) is 0. The van der Waals surface area contributed by atoms with E-state index < -0.39 is 0 Å². The third kappa shape index (κ3) is 3.00. The normalized spacial score (nSPS) is 12.9. The maximum absolute atomic E-state index is 10.7. The summed E-state index contributed by atoms with van der Waals surface area (Å²) in [5.41, 5.74) is 2.82. The van der Waals surface area contributed by atoms with Crippen LogP contribution in [0, 0.1) is 0 Å². The van der Waals surface area contributed by atoms with Gasteiger partial charge in [0, 0.05) is 18.3 Å². The third-order valence-corrected chi connectivity index (χ3v) is 4.72. The van der Waals surface area contributed by atoms with Crippen LogP contribution in [0.1, 0.15) is 6.92 Å². The molecule has 0 saturated carbocycles. The molecule has 1 N–H and O–H groups in total. The largest absolute Gasteiger partial charge is 0.507 e. The zero-order valence-corrected chi connectivity index (χ0v) is 15.8. The van der Waals surface area contributed by atoms with Crippen molar-refractivity contribution in [2.45, 2.75) is 6.92 Å². The summed E-state index contributed by atoms with van der Waals surface area (Å²) >= 11 is 0. The quantitative estimate of drug-likeness (QED) is 0.569. The lowest BCUT2D eigenvalue weighted by Gasteiger charge is -2.19. The molecule has 0 radical (unpaired) electrons. The molecule has 2 aromatic heterocycles. The Bertz CT molecular complexity index is 1200. The van der Waals surface area contributed by atoms with Crippen LogP contribution in [0.15, 0.2) is 54.7 Å². The fourth-order valence-corrected chi connectivity index (χ4v) is 3.47. The van der Waals surface area contributed by atoms with Crippen LogP contribution in [-0.4, -0.2) is 39.5 Å². The molecule has 4 aromatic rings. The molecule has 146 valence electrons. The number of fused-ring (bicyclic) bond motifs is 2. The molecule has 5 rings (SSSR count). The van der Waals surface area contributed by atoms with Gasteiger partial charge in [-0.25, -0.2) is 9.97 Å². The van der Waals surface area contributed by atoms with Crippen molar-refractivity contribution in [3.63, 3.8) is 0 Å². The standard InChI is InChI=1S/C22H19N3O4/c1-2-27-15-6-7-16(18(26)13-15)21-24-17-4-3-9-23-22(17)25(21)14-5-8-19-20(12-14)29-11-10-28-19/h3-9,12-13,26H,2,10-11H2,1H3. The fourth-order valence-electron chi connectivity index (χ4n) is 3.47. The van der Waals surface area contributed by atoms with Gasteiger partial charge in [0.2, 0.25) is 0 Å². The molecule has 0 saturated heterocycles. The van der Waals surface area contributed by atoms with Gasteiger partial charge in [0.1, 0.15) is 30.2 Å². The van der Waals surface area contributed by atoms with Gasteiger partial charge in [-0.3, -0.25) is 4.57 Å². The summed E-state index contributed by atoms with van der Waals surface area (Å²) in [5, 5.41) is 10.7. The number of hydrogen-bond acceptors (Lipinski definition) is 6. The van der Waals surface area contributed by atoms with Crippen LogP contribution in [0.2, 0.25) is 0 Å². The van der Waals surface area contributed by atoms with Gasteiger partial charge in [-0.15, -0.1) is 0 Å². The van der Waals surface area contributed by atoms with E-state index in [4.69, 9.17) is 19.2 Å². The minimum absolute atomic E-state index is 0.0880. The Morgan fingerprint density at radius 1 is 1.07 bits per heavy atom. The second kappa shape index (κ2) is 7.01. The lowest BCUT2D eigenvalue weighted by molar-refractivity contribution is 0.171. The SMILES string of the molecule is CCOc1ccc(-c2nc3cccnc3n2-c2ccc3c(c2)OCCO3)c(O)c1. The molecule has 0 spiro atoms. The summed E-state index contributed by atoms with van der Waals surface area (Å²) in [4.78, 5) is 9.25. The van der Waals surface area contributed by atoms with Crippen LogP contribution in [0.25, 0.3) is 28.2 Å². The van der Waals surface area contributed by atoms with Crippen LogP contribution < -0.4 is 14.2 Å². The molecule has 1 aliphatic rings. The molecule has 7 nitrogen and oxygen atoms in total. The highest BCUT2D eigenvalue weighted by Crippen LogP contribution is 2.38. The minimum atomic E-state index is 0.0880. The highest BCUT2D eigenvalue weighted by molar-refractivity contribution is 5.82. The second-order valence-electron chi connectivity index (χ2n) is 6.56. The van der Waals surface area contributed by atoms with Crippen molar-refractivity contribution in [2.24, 2.45) is 0 Å². The number of aromatic hydroxyl groups is 1. The van der Waals surface area contributed by atoms with E-state index in [0.29, 0.717) is 54.1 Å². The molecular weight excluding hydrogens is 370 g/mol. The Hall–Kier alpha value is -3.74. The summed E-state index contributed by atoms with van der Waals surface area (Å²) in [5.74, 6) is 2.66. The first-order valence-electron chi connectivity index (χ1n) is 9.44. The predicted octanol–water partition coefficient (Wildman–Crippen LogP) is 3.96. The van der Waals surface area contributed by atoms with E-state index in [2.05, 4.69) is 4.98 Å². The van der Waals surface area contributed by atoms with Gasteiger partial charge in [0.25, 0.3) is 0 Å². The highest BCUT2D eigenvalue weighted by atomic mass is 16.6. The zero-order valence-electron chi connectivity index (χ0n) is 15.8. The van der Waals surface area contributed by atoms with Crippen molar-refractivity contribution in [3.05, 3.63) is 54.7 Å². The predicted molar refractivity (Wildman–Crippen MR) is 108 cm³/mol. The van der Waals surface area contributed by atoms with Crippen LogP contribution in [-0.2, 0) is 0 Å². The average molecular weight is 389 g/mol. The van der Waals surface area contributed by atoms with Gasteiger partial charge < -0.3 is 19.3 Å². The van der Waals surface area contributed by atoms with Gasteiger partial charge in [-0.2, -0.15) is 0 Å². The van der Waals surface area contributed by atoms with E-state index in [9.17, 15) is 5.11 Å². The summed E-state index contributed by atoms with van der Waals surface area (Å²) in [6.07, 6.45) is 1.72. The molecule has 1 aliphatic heterocycles. The van der Waals surface area contributed by atoms with Crippen LogP contribution in [0.3, 0.4) is 0 Å². The number of benzene rings is 2. The van der Waals surface area contributed by atoms with Crippen LogP contribution in [0.5, 0.6) is 23.0 Å². The van der Waals surface area contributed by atoms with Crippen molar-refractivity contribution in [3.8, 4) is 40.1 Å². The number of hydrogen-bond donors (Lipinski definition) is 1. The van der Waals surface area contributed by atoms with Crippen molar-refractivity contribution in [1.82, 2.24) is 14.5 Å². The third-order valence-electron chi connectivity index (χ3n) is 4.72. The van der Waals surface area contributed by atoms with Crippen molar-refractivity contribution < 1.29 is 19.3 Å². The fraction of sp³-hybridized carbons (Fsp3) is 0.182. The van der Waals surface area contributed by atoms with Gasteiger partial charge in [0.15, 0.2) is 23.0 Å². The van der Waals surface area contributed by atoms with Crippen molar-refractivity contribution in [1.29, 1.82) is 0 Å². The Balaban J connectivity index is 1.71. The molecule has 3 heterocycles. The van der Waals surface area contributed by atoms with Crippen LogP contribution >= 0.6 is 0 Å². The van der Waals surface area contributed by atoms with Crippen LogP contribution in [0.4, 0.5) is 0 Å². The number of ether oxygens (including phenoxy) is 3. The van der Waals surface area contributed by atoms with Gasteiger partial charge in [0.05, 0.1) is 17.9 Å². The first-order valence-corrected chi connectivity index (χ1v) is 9.44. The molecule has 0 bridgehead atoms. The molecule has 0 aliphatic carbocycles. The Labute approximate surface area is 167 Å². The first kappa shape index (κ1) is 17.4. The van der Waals surface area contributed by atoms with E-state index >= 15 is 0 Å². The Morgan fingerprint density at radius 2 is 1.93 bits per heavy atom. The lowest BCUT2D eigenvalue weighted by Crippen LogP contribution is -2.15. The van der Waals surface area contributed by atoms with Crippen molar-refractivity contribution in [2.75, 3.05) is 19.8 Å². The van der Waals surface area contributed by atoms with Gasteiger partial charge in [-0.05, 0) is 43.3 Å². The number of rotatable bonds is 4. The average Bonchev–Trinajstić information content (AvgIpc) is 3.13. The molecular formula is C22H19N3O4. The number of aromatic nitrogens is 3. The summed E-state index contributed by atoms with van der Waals surface area (Å²) in [6.45, 7) is 3.47. The number of imidazole rings is 1. The molecule has 7 heteroatoms. The number of pyridine rings is 1. The van der Waals surface area contributed by atoms with E-state index in [-0.39, 0.29) is 5.75 Å². The van der Waals surface area contributed by atoms with Gasteiger partial charge in [-0.1, -0.05) is 0 Å². The monoisotopic (exact) mass is 389 g/mol. The molecule has 0 atom stereocenters. The van der Waals surface area contributed by atoms with E-state index in [1.165, 1.54) is 0 Å². The second-order valence-corrected chi connectivity index (χ2v) is 6.56. The smallest absolute Gasteiger partial charge is 0.164 e. The Kier molecular flexibility index (Phi) is 4.20. The maximum atomic E-state index is 10.7. The lowest BCUT2D eigenvalue weighted by atomic mass is 10.1. The highest BCUT2D eigenvalue weighted by Gasteiger charge is 2.20. The maximum Gasteiger partial charge on any atom is 0.164 e. The topological polar surface area (TPSA) is 78.6 Å². The number of nitrogens with zero attached hydrogens (tertiary/aromatic N) is 3. The molecule has 0 fully saturated rings. The summed E-state index contributed by atoms with van der Waals surface area (Å²) in [6, 6.07) is 14.7. The Morgan fingerprint density at radius 3 is 2.76 bits per heavy atom. The minimum Gasteiger partial charge on any atom is -0.507 e. The van der Waals surface area contributed by atoms with E-state index in [0.717, 1.165) is 11.2 Å². The molecule has 29 heavy (non-hydrogen) atoms. The first-order chi connectivity index (χ1) is 14.2. The number of phenols is 1. The van der Waals surface area contributed by atoms with E-state index in [1.54, 1.807) is 18.3 Å². The zero-order chi connectivity index (χ0) is 19.8. The number of phenolic OH excluding ortho intramolecular Hbond substituents is 1. The molecule has 2 aromatic carbocycles. The molecule has 0 amide bonds. The summed E-state index contributed by atoms with van der Waals surface area (Å²) < 4.78 is 18.8. The van der Waals surface area contributed by atoms with Gasteiger partial charge >= 0.3 is 0 Å². The van der Waals surface area contributed by atoms with Crippen molar-refractivity contribution >= 4 is 11.2 Å². The molecule has 0 unspecified atom stereocenters.